The van der Waals surface area contributed by atoms with Gasteiger partial charge in [-0.05, 0) is 47.9 Å². The first-order valence-corrected chi connectivity index (χ1v) is 11.9. The number of para-hydroxylation sites is 1. The third-order valence-electron chi connectivity index (χ3n) is 5.14. The van der Waals surface area contributed by atoms with Gasteiger partial charge in [-0.15, -0.1) is 0 Å². The van der Waals surface area contributed by atoms with Crippen molar-refractivity contribution in [3.8, 4) is 11.5 Å². The molecular weight excluding hydrogens is 440 g/mol. The number of sulfonamides is 1. The van der Waals surface area contributed by atoms with Gasteiger partial charge in [0.1, 0.15) is 6.54 Å². The van der Waals surface area contributed by atoms with Crippen molar-refractivity contribution < 1.29 is 22.7 Å². The van der Waals surface area contributed by atoms with Crippen LogP contribution in [0.4, 0.5) is 11.4 Å². The van der Waals surface area contributed by atoms with Crippen LogP contribution in [0.15, 0.2) is 77.7 Å². The molecule has 8 heteroatoms. The molecule has 0 aliphatic heterocycles. The molecule has 1 N–H and O–H groups in total. The van der Waals surface area contributed by atoms with Crippen LogP contribution >= 0.6 is 0 Å². The Hall–Kier alpha value is -3.52. The van der Waals surface area contributed by atoms with E-state index in [-0.39, 0.29) is 10.6 Å². The molecule has 0 spiro atoms. The summed E-state index contributed by atoms with van der Waals surface area (Å²) >= 11 is 0. The molecule has 3 aromatic carbocycles. The van der Waals surface area contributed by atoms with E-state index in [0.717, 1.165) is 9.87 Å². The topological polar surface area (TPSA) is 84.9 Å². The number of methoxy groups -OCH3 is 2. The first-order chi connectivity index (χ1) is 15.8. The molecular formula is C25H28N2O5S. The molecule has 33 heavy (non-hydrogen) atoms. The van der Waals surface area contributed by atoms with Crippen LogP contribution < -0.4 is 19.1 Å². The number of amides is 1. The molecule has 0 radical (unpaired) electrons. The Morgan fingerprint density at radius 3 is 2.12 bits per heavy atom. The van der Waals surface area contributed by atoms with Crippen LogP contribution in [0, 0.1) is 0 Å². The molecule has 3 rings (SSSR count). The Labute approximate surface area is 195 Å². The van der Waals surface area contributed by atoms with Gasteiger partial charge in [-0.1, -0.05) is 44.2 Å². The average Bonchev–Trinajstić information content (AvgIpc) is 2.82. The molecule has 0 fully saturated rings. The second-order valence-corrected chi connectivity index (χ2v) is 9.55. The molecule has 0 bridgehead atoms. The van der Waals surface area contributed by atoms with Crippen molar-refractivity contribution in [2.75, 3.05) is 30.4 Å². The molecule has 0 saturated heterocycles. The fraction of sp³-hybridized carbons (Fsp3) is 0.240. The van der Waals surface area contributed by atoms with Crippen LogP contribution in [0.5, 0.6) is 11.5 Å². The number of carbonyl (C=O) groups excluding carboxylic acids is 1. The maximum atomic E-state index is 13.6. The van der Waals surface area contributed by atoms with Crippen LogP contribution in [-0.2, 0) is 14.8 Å². The van der Waals surface area contributed by atoms with Crippen molar-refractivity contribution in [1.82, 2.24) is 0 Å². The van der Waals surface area contributed by atoms with E-state index in [1.54, 1.807) is 30.3 Å². The minimum Gasteiger partial charge on any atom is -0.493 e. The van der Waals surface area contributed by atoms with Crippen molar-refractivity contribution in [2.24, 2.45) is 0 Å². The lowest BCUT2D eigenvalue weighted by atomic mass is 10.0. The van der Waals surface area contributed by atoms with Gasteiger partial charge < -0.3 is 14.8 Å². The fourth-order valence-corrected chi connectivity index (χ4v) is 4.73. The van der Waals surface area contributed by atoms with Crippen LogP contribution in [0.1, 0.15) is 25.3 Å². The van der Waals surface area contributed by atoms with Gasteiger partial charge >= 0.3 is 0 Å². The van der Waals surface area contributed by atoms with Crippen LogP contribution in [0.25, 0.3) is 0 Å². The highest BCUT2D eigenvalue weighted by Crippen LogP contribution is 2.32. The molecule has 3 aromatic rings. The zero-order valence-electron chi connectivity index (χ0n) is 19.1. The lowest BCUT2D eigenvalue weighted by molar-refractivity contribution is -0.114. The highest BCUT2D eigenvalue weighted by molar-refractivity contribution is 7.92. The van der Waals surface area contributed by atoms with E-state index in [1.165, 1.54) is 32.4 Å². The number of rotatable bonds is 9. The number of nitrogens with one attached hydrogen (secondary N) is 1. The Morgan fingerprint density at radius 1 is 0.909 bits per heavy atom. The van der Waals surface area contributed by atoms with E-state index >= 15 is 0 Å². The van der Waals surface area contributed by atoms with E-state index in [2.05, 4.69) is 19.2 Å². The number of carbonyl (C=O) groups is 1. The van der Waals surface area contributed by atoms with Crippen molar-refractivity contribution >= 4 is 27.3 Å². The standard InChI is InChI=1S/C25H28N2O5S/c1-18(2)19-10-12-20(13-11-19)26-25(28)17-27(21-8-6-5-7-9-21)33(29,30)22-14-15-23(31-3)24(16-22)32-4/h5-16,18H,17H2,1-4H3,(H,26,28). The largest absolute Gasteiger partial charge is 0.493 e. The second kappa shape index (κ2) is 10.4. The van der Waals surface area contributed by atoms with Gasteiger partial charge in [-0.25, -0.2) is 8.42 Å². The normalized spacial score (nSPS) is 11.2. The van der Waals surface area contributed by atoms with Gasteiger partial charge in [-0.2, -0.15) is 0 Å². The third-order valence-corrected chi connectivity index (χ3v) is 6.91. The van der Waals surface area contributed by atoms with Gasteiger partial charge in [0, 0.05) is 11.8 Å². The third kappa shape index (κ3) is 5.64. The fourth-order valence-electron chi connectivity index (χ4n) is 3.30. The van der Waals surface area contributed by atoms with Crippen molar-refractivity contribution in [2.45, 2.75) is 24.7 Å². The van der Waals surface area contributed by atoms with Gasteiger partial charge in [0.05, 0.1) is 24.8 Å². The van der Waals surface area contributed by atoms with Crippen LogP contribution in [0.3, 0.4) is 0 Å². The number of benzene rings is 3. The number of hydrogen-bond acceptors (Lipinski definition) is 5. The Morgan fingerprint density at radius 2 is 1.55 bits per heavy atom. The highest BCUT2D eigenvalue weighted by Gasteiger charge is 2.28. The first kappa shape index (κ1) is 24.1. The lowest BCUT2D eigenvalue weighted by Gasteiger charge is -2.24. The molecule has 1 amide bonds. The molecule has 0 aromatic heterocycles. The minimum atomic E-state index is -4.08. The first-order valence-electron chi connectivity index (χ1n) is 10.5. The summed E-state index contributed by atoms with van der Waals surface area (Å²) in [5.74, 6) is 0.599. The zero-order chi connectivity index (χ0) is 24.0. The number of nitrogens with zero attached hydrogens (tertiary/aromatic N) is 1. The molecule has 7 nitrogen and oxygen atoms in total. The second-order valence-electron chi connectivity index (χ2n) is 7.69. The molecule has 0 atom stereocenters. The molecule has 0 heterocycles. The van der Waals surface area contributed by atoms with Crippen molar-refractivity contribution in [1.29, 1.82) is 0 Å². The Bertz CT molecular complexity index is 1190. The summed E-state index contributed by atoms with van der Waals surface area (Å²) in [6, 6.07) is 20.3. The van der Waals surface area contributed by atoms with Crippen LogP contribution in [-0.4, -0.2) is 35.1 Å². The summed E-state index contributed by atoms with van der Waals surface area (Å²) in [6.45, 7) is 3.78. The predicted molar refractivity (Wildman–Crippen MR) is 130 cm³/mol. The Kier molecular flexibility index (Phi) is 7.60. The maximum Gasteiger partial charge on any atom is 0.264 e. The quantitative estimate of drug-likeness (QED) is 0.494. The van der Waals surface area contributed by atoms with E-state index in [0.29, 0.717) is 23.0 Å². The van der Waals surface area contributed by atoms with E-state index in [9.17, 15) is 13.2 Å². The summed E-state index contributed by atoms with van der Waals surface area (Å²) < 4.78 is 38.7. The highest BCUT2D eigenvalue weighted by atomic mass is 32.2. The number of anilines is 2. The van der Waals surface area contributed by atoms with E-state index < -0.39 is 22.5 Å². The molecule has 0 aliphatic rings. The minimum absolute atomic E-state index is 0.0157. The molecule has 0 saturated carbocycles. The Balaban J connectivity index is 1.91. The van der Waals surface area contributed by atoms with E-state index in [1.807, 2.05) is 24.3 Å². The zero-order valence-corrected chi connectivity index (χ0v) is 19.9. The van der Waals surface area contributed by atoms with Gasteiger partial charge in [0.2, 0.25) is 5.91 Å². The maximum absolute atomic E-state index is 13.6. The predicted octanol–water partition coefficient (Wildman–Crippen LogP) is 4.66. The summed E-state index contributed by atoms with van der Waals surface area (Å²) in [5.41, 5.74) is 2.12. The monoisotopic (exact) mass is 468 g/mol. The summed E-state index contributed by atoms with van der Waals surface area (Å²) in [6.07, 6.45) is 0. The SMILES string of the molecule is COc1ccc(S(=O)(=O)N(CC(=O)Nc2ccc(C(C)C)cc2)c2ccccc2)cc1OC. The summed E-state index contributed by atoms with van der Waals surface area (Å²) in [7, 11) is -1.18. The van der Waals surface area contributed by atoms with Crippen LogP contribution in [0.2, 0.25) is 0 Å². The van der Waals surface area contributed by atoms with E-state index in [4.69, 9.17) is 9.47 Å². The average molecular weight is 469 g/mol. The van der Waals surface area contributed by atoms with Gasteiger partial charge in [0.15, 0.2) is 11.5 Å². The summed E-state index contributed by atoms with van der Waals surface area (Å²) in [4.78, 5) is 12.8. The molecule has 174 valence electrons. The number of hydrogen-bond donors (Lipinski definition) is 1. The lowest BCUT2D eigenvalue weighted by Crippen LogP contribution is -2.38. The summed E-state index contributed by atoms with van der Waals surface area (Å²) in [5, 5.41) is 2.78. The van der Waals surface area contributed by atoms with Crippen molar-refractivity contribution in [3.05, 3.63) is 78.4 Å². The van der Waals surface area contributed by atoms with Gasteiger partial charge in [0.25, 0.3) is 10.0 Å². The smallest absolute Gasteiger partial charge is 0.264 e. The molecule has 0 aliphatic carbocycles. The van der Waals surface area contributed by atoms with Crippen molar-refractivity contribution in [3.63, 3.8) is 0 Å². The number of ether oxygens (including phenoxy) is 2. The molecule has 0 unspecified atom stereocenters. The van der Waals surface area contributed by atoms with Gasteiger partial charge in [-0.3, -0.25) is 9.10 Å².